The van der Waals surface area contributed by atoms with Crippen LogP contribution in [0.4, 0.5) is 10.7 Å². The zero-order valence-electron chi connectivity index (χ0n) is 38.4. The molecule has 352 valence electrons. The summed E-state index contributed by atoms with van der Waals surface area (Å²) < 4.78 is 50.9. The number of carboxylic acid groups (broad SMARTS) is 1. The van der Waals surface area contributed by atoms with Gasteiger partial charge < -0.3 is 39.0 Å². The van der Waals surface area contributed by atoms with E-state index in [2.05, 4.69) is 27.2 Å². The number of anilines is 1. The van der Waals surface area contributed by atoms with Crippen LogP contribution in [0.1, 0.15) is 81.5 Å². The molecule has 6 heterocycles. The summed E-state index contributed by atoms with van der Waals surface area (Å²) in [4.78, 5) is 41.1. The fourth-order valence-corrected chi connectivity index (χ4v) is 11.5. The van der Waals surface area contributed by atoms with Gasteiger partial charge in [0.2, 0.25) is 5.95 Å². The zero-order chi connectivity index (χ0) is 46.5. The quantitative estimate of drug-likeness (QED) is 0.117. The molecule has 0 spiro atoms. The topological polar surface area (TPSA) is 170 Å². The van der Waals surface area contributed by atoms with E-state index in [4.69, 9.17) is 24.2 Å². The van der Waals surface area contributed by atoms with Crippen molar-refractivity contribution >= 4 is 43.9 Å². The van der Waals surface area contributed by atoms with Crippen LogP contribution in [0.2, 0.25) is 0 Å². The minimum atomic E-state index is -4.11. The number of carbonyl (C=O) groups is 1. The Balaban J connectivity index is 1.08. The third kappa shape index (κ3) is 8.97. The molecule has 10 rings (SSSR count). The van der Waals surface area contributed by atoms with E-state index < -0.39 is 39.1 Å². The number of ether oxygens (including phenoxy) is 3. The summed E-state index contributed by atoms with van der Waals surface area (Å²) in [6, 6.07) is 24.8. The van der Waals surface area contributed by atoms with Gasteiger partial charge in [0.25, 0.3) is 15.6 Å². The van der Waals surface area contributed by atoms with Gasteiger partial charge in [-0.25, -0.2) is 27.2 Å². The Morgan fingerprint density at radius 2 is 1.67 bits per heavy atom. The Bertz CT molecular complexity index is 2950. The van der Waals surface area contributed by atoms with Crippen molar-refractivity contribution in [3.8, 4) is 11.1 Å². The minimum Gasteiger partial charge on any atom is -0.465 e. The molecule has 67 heavy (non-hydrogen) atoms. The summed E-state index contributed by atoms with van der Waals surface area (Å²) in [5, 5.41) is 13.4. The highest BCUT2D eigenvalue weighted by Crippen LogP contribution is 2.44. The van der Waals surface area contributed by atoms with Gasteiger partial charge in [0.15, 0.2) is 11.9 Å². The molecule has 4 fully saturated rings. The summed E-state index contributed by atoms with van der Waals surface area (Å²) in [5.41, 5.74) is 2.63. The predicted molar refractivity (Wildman–Crippen MR) is 256 cm³/mol. The number of nitrogens with one attached hydrogen (secondary N) is 1. The second-order valence-electron chi connectivity index (χ2n) is 19.1. The summed E-state index contributed by atoms with van der Waals surface area (Å²) >= 11 is 0. The molecule has 3 aromatic heterocycles. The monoisotopic (exact) mass is 929 g/mol. The van der Waals surface area contributed by atoms with Gasteiger partial charge >= 0.3 is 6.09 Å². The first-order valence-corrected chi connectivity index (χ1v) is 25.1. The van der Waals surface area contributed by atoms with Crippen molar-refractivity contribution in [1.29, 1.82) is 0 Å². The average Bonchev–Trinajstić information content (AvgIpc) is 4.04. The van der Waals surface area contributed by atoms with Crippen LogP contribution in [0.5, 0.6) is 0 Å². The molecule has 1 saturated carbocycles. The summed E-state index contributed by atoms with van der Waals surface area (Å²) in [6.07, 6.45) is 9.75. The van der Waals surface area contributed by atoms with Crippen molar-refractivity contribution in [2.24, 2.45) is 7.05 Å². The lowest BCUT2D eigenvalue weighted by atomic mass is 9.87. The zero-order valence-corrected chi connectivity index (χ0v) is 39.2. The molecule has 2 unspecified atom stereocenters. The molecule has 15 nitrogen and oxygen atoms in total. The van der Waals surface area contributed by atoms with Crippen LogP contribution < -0.4 is 15.8 Å². The first-order valence-electron chi connectivity index (χ1n) is 23.6. The molecule has 2 atom stereocenters. The highest BCUT2D eigenvalue weighted by Gasteiger charge is 2.45. The molecule has 3 aliphatic heterocycles. The molecule has 6 aromatic rings. The predicted octanol–water partition coefficient (Wildman–Crippen LogP) is 7.55. The van der Waals surface area contributed by atoms with E-state index in [0.717, 1.165) is 110 Å². The fourth-order valence-electron chi connectivity index (χ4n) is 10.2. The van der Waals surface area contributed by atoms with Crippen LogP contribution in [0.3, 0.4) is 0 Å². The summed E-state index contributed by atoms with van der Waals surface area (Å²) in [7, 11) is -2.47. The number of likely N-dealkylation sites (tertiary alicyclic amines) is 1. The van der Waals surface area contributed by atoms with E-state index in [-0.39, 0.29) is 23.1 Å². The number of rotatable bonds is 13. The SMILES string of the molecule is Cc1ccc(S(=O)(=O)n2ccc3c(-c4ccc5nc(N6CCC(N7CCC(C)(NC(=O)O)CC7)CC6)nc(C(COC6CCCCO6)(OC6CC6)c6ccccc6)c5c4)cn(C)c(=O)c32)cc1. The first-order chi connectivity index (χ1) is 32.3. The van der Waals surface area contributed by atoms with Gasteiger partial charge in [0.1, 0.15) is 5.52 Å². The smallest absolute Gasteiger partial charge is 0.405 e. The second kappa shape index (κ2) is 18.1. The van der Waals surface area contributed by atoms with E-state index in [1.807, 2.05) is 50.2 Å². The average molecular weight is 930 g/mol. The molecule has 1 amide bonds. The fraction of sp³-hybridized carbons (Fsp3) is 0.451. The van der Waals surface area contributed by atoms with Crippen molar-refractivity contribution in [3.63, 3.8) is 0 Å². The van der Waals surface area contributed by atoms with E-state index in [1.54, 1.807) is 43.6 Å². The van der Waals surface area contributed by atoms with Gasteiger partial charge in [-0.1, -0.05) is 54.1 Å². The van der Waals surface area contributed by atoms with Gasteiger partial charge in [-0.05, 0) is 113 Å². The number of aryl methyl sites for hydroxylation is 2. The van der Waals surface area contributed by atoms with Gasteiger partial charge in [-0.3, -0.25) is 4.79 Å². The van der Waals surface area contributed by atoms with E-state index in [9.17, 15) is 23.1 Å². The number of hydrogen-bond donors (Lipinski definition) is 2. The van der Waals surface area contributed by atoms with Crippen molar-refractivity contribution in [2.75, 3.05) is 44.3 Å². The standard InChI is InChI=1S/C51H59N7O8S/c1-34-12-17-39(18-13-34)67(62,63)58-27-22-40-42(32-55(3)47(59)45(40)58)35-14-19-43-41(31-35)46(51(66-38-15-16-38,36-9-5-4-6-10-36)33-65-44-11-7-8-30-64-44)53-48(52-43)57-25-20-37(21-26-57)56-28-23-50(2,24-29-56)54-49(60)61/h4-6,9-10,12-14,17-19,22,27,31-32,37-38,44,54H,7-8,11,15-16,20-21,23-26,28-30,33H2,1-3H3,(H,60,61). The van der Waals surface area contributed by atoms with E-state index in [1.165, 1.54) is 10.8 Å². The molecular weight excluding hydrogens is 871 g/mol. The third-order valence-electron chi connectivity index (χ3n) is 14.3. The molecular formula is C51H59N7O8S. The summed E-state index contributed by atoms with van der Waals surface area (Å²) in [5.74, 6) is 0.599. The molecule has 4 aliphatic rings. The van der Waals surface area contributed by atoms with Crippen LogP contribution in [0.15, 0.2) is 101 Å². The number of amides is 1. The highest BCUT2D eigenvalue weighted by atomic mass is 32.2. The number of aromatic nitrogens is 4. The Morgan fingerprint density at radius 1 is 0.925 bits per heavy atom. The lowest BCUT2D eigenvalue weighted by molar-refractivity contribution is -0.197. The number of nitrogens with zero attached hydrogens (tertiary/aromatic N) is 6. The normalized spacial score (nSPS) is 20.5. The van der Waals surface area contributed by atoms with Gasteiger partial charge in [-0.15, -0.1) is 0 Å². The van der Waals surface area contributed by atoms with Gasteiger partial charge in [0.05, 0.1) is 28.8 Å². The molecule has 16 heteroatoms. The van der Waals surface area contributed by atoms with Gasteiger partial charge in [0, 0.05) is 80.1 Å². The number of benzene rings is 3. The lowest BCUT2D eigenvalue weighted by Crippen LogP contribution is -2.56. The molecule has 3 saturated heterocycles. The molecule has 1 aliphatic carbocycles. The maximum atomic E-state index is 14.1. The summed E-state index contributed by atoms with van der Waals surface area (Å²) in [6.45, 7) is 7.80. The van der Waals surface area contributed by atoms with Crippen LogP contribution >= 0.6 is 0 Å². The molecule has 0 radical (unpaired) electrons. The third-order valence-corrected chi connectivity index (χ3v) is 16.0. The molecule has 2 N–H and O–H groups in total. The number of piperidine rings is 2. The first kappa shape index (κ1) is 45.1. The number of pyridine rings is 1. The Morgan fingerprint density at radius 3 is 2.36 bits per heavy atom. The largest absolute Gasteiger partial charge is 0.465 e. The van der Waals surface area contributed by atoms with E-state index >= 15 is 0 Å². The van der Waals surface area contributed by atoms with Crippen LogP contribution in [0, 0.1) is 6.92 Å². The minimum absolute atomic E-state index is 0.0147. The lowest BCUT2D eigenvalue weighted by Gasteiger charge is -2.45. The van der Waals surface area contributed by atoms with Gasteiger partial charge in [-0.2, -0.15) is 0 Å². The molecule has 0 bridgehead atoms. The maximum Gasteiger partial charge on any atom is 0.405 e. The highest BCUT2D eigenvalue weighted by molar-refractivity contribution is 7.90. The number of hydrogen-bond acceptors (Lipinski definition) is 11. The van der Waals surface area contributed by atoms with Crippen molar-refractivity contribution in [3.05, 3.63) is 118 Å². The van der Waals surface area contributed by atoms with Crippen LogP contribution in [-0.4, -0.2) is 106 Å². The second-order valence-corrected chi connectivity index (χ2v) is 20.9. The molecule has 3 aromatic carbocycles. The van der Waals surface area contributed by atoms with E-state index in [0.29, 0.717) is 40.8 Å². The Labute approximate surface area is 390 Å². The van der Waals surface area contributed by atoms with Crippen molar-refractivity contribution in [2.45, 2.75) is 106 Å². The van der Waals surface area contributed by atoms with Crippen LogP contribution in [0.25, 0.3) is 32.9 Å². The maximum absolute atomic E-state index is 14.1. The van der Waals surface area contributed by atoms with Crippen molar-refractivity contribution in [1.82, 2.24) is 28.7 Å². The number of fused-ring (bicyclic) bond motifs is 2. The Hall–Kier alpha value is -5.65. The van der Waals surface area contributed by atoms with Crippen LogP contribution in [-0.2, 0) is 36.9 Å². The van der Waals surface area contributed by atoms with Crippen molar-refractivity contribution < 1.29 is 32.5 Å². The Kier molecular flexibility index (Phi) is 12.2.